The van der Waals surface area contributed by atoms with Gasteiger partial charge < -0.3 is 14.7 Å². The van der Waals surface area contributed by atoms with E-state index in [-0.39, 0.29) is 11.9 Å². The van der Waals surface area contributed by atoms with Gasteiger partial charge in [0.05, 0.1) is 6.04 Å². The summed E-state index contributed by atoms with van der Waals surface area (Å²) in [5.41, 5.74) is 1.17. The van der Waals surface area contributed by atoms with Crippen LogP contribution in [-0.2, 0) is 17.6 Å². The average Bonchev–Trinajstić information content (AvgIpc) is 3.08. The van der Waals surface area contributed by atoms with Gasteiger partial charge in [-0.05, 0) is 5.56 Å². The normalized spacial score (nSPS) is 18.1. The molecule has 6 heteroatoms. The maximum atomic E-state index is 12.6. The van der Waals surface area contributed by atoms with E-state index in [0.29, 0.717) is 24.6 Å². The van der Waals surface area contributed by atoms with Crippen LogP contribution in [0.4, 0.5) is 0 Å². The number of aryl methyl sites for hydroxylation is 2. The second kappa shape index (κ2) is 7.37. The highest BCUT2D eigenvalue weighted by Gasteiger charge is 2.27. The minimum Gasteiger partial charge on any atom is -0.339 e. The summed E-state index contributed by atoms with van der Waals surface area (Å²) in [6.45, 7) is 4.32. The molecule has 0 bridgehead atoms. The van der Waals surface area contributed by atoms with Crippen molar-refractivity contribution in [3.63, 3.8) is 0 Å². The number of rotatable bonds is 5. The van der Waals surface area contributed by atoms with Gasteiger partial charge in [0, 0.05) is 38.9 Å². The molecule has 0 spiro atoms. The first-order valence-corrected chi connectivity index (χ1v) is 8.14. The smallest absolute Gasteiger partial charge is 0.227 e. The predicted octanol–water partition coefficient (Wildman–Crippen LogP) is 1.74. The molecule has 2 aromatic rings. The van der Waals surface area contributed by atoms with Gasteiger partial charge >= 0.3 is 0 Å². The van der Waals surface area contributed by atoms with Crippen LogP contribution in [0.2, 0.25) is 0 Å². The number of benzene rings is 1. The van der Waals surface area contributed by atoms with Crippen molar-refractivity contribution in [2.45, 2.75) is 32.2 Å². The Hall–Kier alpha value is -2.21. The lowest BCUT2D eigenvalue weighted by molar-refractivity contribution is -0.134. The third kappa shape index (κ3) is 3.76. The maximum absolute atomic E-state index is 12.6. The summed E-state index contributed by atoms with van der Waals surface area (Å²) in [6, 6.07) is 10.3. The molecule has 122 valence electrons. The number of nitrogens with one attached hydrogen (secondary N) is 1. The van der Waals surface area contributed by atoms with Gasteiger partial charge in [0.25, 0.3) is 0 Å². The van der Waals surface area contributed by atoms with Crippen LogP contribution in [0.15, 0.2) is 34.9 Å². The summed E-state index contributed by atoms with van der Waals surface area (Å²) < 4.78 is 5.16. The number of carbonyl (C=O) groups excluding carboxylic acids is 1. The fraction of sp³-hybridized carbons (Fsp3) is 0.471. The number of carbonyl (C=O) groups is 1. The van der Waals surface area contributed by atoms with Crippen molar-refractivity contribution in [3.8, 4) is 0 Å². The molecule has 0 saturated carbocycles. The summed E-state index contributed by atoms with van der Waals surface area (Å²) in [5, 5.41) is 7.23. The maximum Gasteiger partial charge on any atom is 0.227 e. The van der Waals surface area contributed by atoms with Crippen molar-refractivity contribution in [1.82, 2.24) is 20.4 Å². The topological polar surface area (TPSA) is 71.3 Å². The van der Waals surface area contributed by atoms with Crippen molar-refractivity contribution in [2.24, 2.45) is 0 Å². The van der Waals surface area contributed by atoms with E-state index in [1.807, 2.05) is 30.0 Å². The number of nitrogens with zero attached hydrogens (tertiary/aromatic N) is 3. The van der Waals surface area contributed by atoms with Gasteiger partial charge in [-0.2, -0.15) is 4.98 Å². The lowest BCUT2D eigenvalue weighted by atomic mass is 10.0. The molecular formula is C17H22N4O2. The van der Waals surface area contributed by atoms with Gasteiger partial charge in [0.2, 0.25) is 11.8 Å². The van der Waals surface area contributed by atoms with Crippen LogP contribution in [0.5, 0.6) is 0 Å². The van der Waals surface area contributed by atoms with E-state index in [9.17, 15) is 4.79 Å². The van der Waals surface area contributed by atoms with E-state index in [2.05, 4.69) is 27.6 Å². The molecule has 2 heterocycles. The van der Waals surface area contributed by atoms with Crippen molar-refractivity contribution in [1.29, 1.82) is 0 Å². The molecule has 6 nitrogen and oxygen atoms in total. The summed E-state index contributed by atoms with van der Waals surface area (Å²) >= 11 is 0. The number of amides is 1. The first-order valence-electron chi connectivity index (χ1n) is 8.14. The predicted molar refractivity (Wildman–Crippen MR) is 85.8 cm³/mol. The molecule has 1 aliphatic heterocycles. The molecule has 23 heavy (non-hydrogen) atoms. The lowest BCUT2D eigenvalue weighted by Crippen LogP contribution is -2.48. The van der Waals surface area contributed by atoms with Crippen LogP contribution in [-0.4, -0.2) is 40.6 Å². The van der Waals surface area contributed by atoms with Crippen molar-refractivity contribution >= 4 is 5.91 Å². The Balaban J connectivity index is 1.64. The van der Waals surface area contributed by atoms with Gasteiger partial charge in [0.15, 0.2) is 5.82 Å². The highest BCUT2D eigenvalue weighted by atomic mass is 16.5. The monoisotopic (exact) mass is 314 g/mol. The average molecular weight is 314 g/mol. The number of hydrogen-bond acceptors (Lipinski definition) is 5. The molecule has 1 atom stereocenters. The Morgan fingerprint density at radius 2 is 2.22 bits per heavy atom. The highest BCUT2D eigenvalue weighted by Crippen LogP contribution is 2.23. The number of hydrogen-bond donors (Lipinski definition) is 1. The first kappa shape index (κ1) is 15.7. The van der Waals surface area contributed by atoms with Crippen LogP contribution in [0.1, 0.15) is 36.7 Å². The van der Waals surface area contributed by atoms with E-state index in [1.165, 1.54) is 5.56 Å². The van der Waals surface area contributed by atoms with Gasteiger partial charge in [0.1, 0.15) is 0 Å². The molecule has 0 aliphatic carbocycles. The van der Waals surface area contributed by atoms with E-state index in [1.54, 1.807) is 0 Å². The Morgan fingerprint density at radius 3 is 2.96 bits per heavy atom. The first-order chi connectivity index (χ1) is 11.3. The minimum absolute atomic E-state index is 0.0892. The number of piperazine rings is 1. The van der Waals surface area contributed by atoms with Gasteiger partial charge in [-0.3, -0.25) is 4.79 Å². The van der Waals surface area contributed by atoms with Gasteiger partial charge in [-0.25, -0.2) is 0 Å². The molecule has 1 amide bonds. The van der Waals surface area contributed by atoms with Crippen LogP contribution < -0.4 is 5.32 Å². The van der Waals surface area contributed by atoms with Gasteiger partial charge in [-0.15, -0.1) is 0 Å². The zero-order chi connectivity index (χ0) is 16.1. The third-order valence-electron chi connectivity index (χ3n) is 4.13. The van der Waals surface area contributed by atoms with Crippen LogP contribution in [0.3, 0.4) is 0 Å². The standard InChI is InChI=1S/C17H22N4O2/c1-2-15-19-16(23-20-15)8-9-17(22)21-11-10-18-12-14(21)13-6-4-3-5-7-13/h3-7,14,18H,2,8-12H2,1H3/t14-/m1/s1. The van der Waals surface area contributed by atoms with Crippen LogP contribution in [0.25, 0.3) is 0 Å². The zero-order valence-electron chi connectivity index (χ0n) is 13.4. The molecular weight excluding hydrogens is 292 g/mol. The zero-order valence-corrected chi connectivity index (χ0v) is 13.4. The van der Waals surface area contributed by atoms with Crippen molar-refractivity contribution in [3.05, 3.63) is 47.6 Å². The van der Waals surface area contributed by atoms with Gasteiger partial charge in [-0.1, -0.05) is 42.4 Å². The van der Waals surface area contributed by atoms with E-state index >= 15 is 0 Å². The molecule has 0 unspecified atom stereocenters. The minimum atomic E-state index is 0.0892. The summed E-state index contributed by atoms with van der Waals surface area (Å²) in [7, 11) is 0. The van der Waals surface area contributed by atoms with Crippen molar-refractivity contribution < 1.29 is 9.32 Å². The Bertz CT molecular complexity index is 641. The summed E-state index contributed by atoms with van der Waals surface area (Å²) in [5.74, 6) is 1.37. The summed E-state index contributed by atoms with van der Waals surface area (Å²) in [6.07, 6.45) is 1.64. The summed E-state index contributed by atoms with van der Waals surface area (Å²) in [4.78, 5) is 18.9. The Morgan fingerprint density at radius 1 is 1.39 bits per heavy atom. The Kier molecular flexibility index (Phi) is 5.02. The van der Waals surface area contributed by atoms with E-state index < -0.39 is 0 Å². The highest BCUT2D eigenvalue weighted by molar-refractivity contribution is 5.77. The molecule has 1 N–H and O–H groups in total. The lowest BCUT2D eigenvalue weighted by Gasteiger charge is -2.36. The van der Waals surface area contributed by atoms with Crippen LogP contribution >= 0.6 is 0 Å². The number of aromatic nitrogens is 2. The van der Waals surface area contributed by atoms with E-state index in [4.69, 9.17) is 4.52 Å². The second-order valence-electron chi connectivity index (χ2n) is 5.68. The van der Waals surface area contributed by atoms with Crippen LogP contribution in [0, 0.1) is 0 Å². The van der Waals surface area contributed by atoms with E-state index in [0.717, 1.165) is 26.1 Å². The molecule has 1 saturated heterocycles. The molecule has 0 radical (unpaired) electrons. The molecule has 3 rings (SSSR count). The largest absolute Gasteiger partial charge is 0.339 e. The molecule has 1 fully saturated rings. The molecule has 1 aliphatic rings. The molecule has 1 aromatic heterocycles. The fourth-order valence-corrected chi connectivity index (χ4v) is 2.87. The SMILES string of the molecule is CCc1noc(CCC(=O)N2CCNC[C@@H]2c2ccccc2)n1. The fourth-order valence-electron chi connectivity index (χ4n) is 2.87. The third-order valence-corrected chi connectivity index (χ3v) is 4.13. The quantitative estimate of drug-likeness (QED) is 0.910. The molecule has 1 aromatic carbocycles. The van der Waals surface area contributed by atoms with Crippen molar-refractivity contribution in [2.75, 3.05) is 19.6 Å². The Labute approximate surface area is 135 Å². The second-order valence-corrected chi connectivity index (χ2v) is 5.68.